The summed E-state index contributed by atoms with van der Waals surface area (Å²) >= 11 is 0. The van der Waals surface area contributed by atoms with Gasteiger partial charge in [0.2, 0.25) is 0 Å². The molecular weight excluding hydrogens is 729 g/mol. The van der Waals surface area contributed by atoms with Gasteiger partial charge in [0.15, 0.2) is 8.32 Å². The molecule has 0 fully saturated rings. The van der Waals surface area contributed by atoms with E-state index in [1.54, 1.807) is 13.2 Å². The van der Waals surface area contributed by atoms with E-state index in [0.717, 1.165) is 24.1 Å². The van der Waals surface area contributed by atoms with Crippen LogP contribution in [-0.2, 0) is 37.6 Å². The minimum absolute atomic E-state index is 0.0215. The van der Waals surface area contributed by atoms with Gasteiger partial charge in [-0.1, -0.05) is 85.8 Å². The van der Waals surface area contributed by atoms with Crippen LogP contribution in [0.4, 0.5) is 0 Å². The quantitative estimate of drug-likeness (QED) is 0.0304. The lowest BCUT2D eigenvalue weighted by Crippen LogP contribution is -2.47. The van der Waals surface area contributed by atoms with Gasteiger partial charge in [0.05, 0.1) is 62.4 Å². The Balaban J connectivity index is 3.56. The van der Waals surface area contributed by atoms with Crippen LogP contribution in [-0.4, -0.2) is 113 Å². The second-order valence-electron chi connectivity index (χ2n) is 16.7. The first-order valence-corrected chi connectivity index (χ1v) is 24.1. The molecular formula is C45H84O10Si. The predicted molar refractivity (Wildman–Crippen MR) is 229 cm³/mol. The van der Waals surface area contributed by atoms with Gasteiger partial charge in [0.25, 0.3) is 0 Å². The monoisotopic (exact) mass is 813 g/mol. The number of rotatable bonds is 25. The molecule has 1 rings (SSSR count). The highest BCUT2D eigenvalue weighted by atomic mass is 28.4. The van der Waals surface area contributed by atoms with E-state index >= 15 is 0 Å². The number of carbonyl (C=O) groups excluding carboxylic acids is 1. The number of aliphatic hydroxyl groups excluding tert-OH is 2. The summed E-state index contributed by atoms with van der Waals surface area (Å²) in [7, 11) is -0.452. The summed E-state index contributed by atoms with van der Waals surface area (Å²) in [5.41, 5.74) is -0.487. The molecule has 1 aliphatic heterocycles. The molecule has 0 saturated carbocycles. The molecule has 0 spiro atoms. The van der Waals surface area contributed by atoms with Crippen molar-refractivity contribution in [2.45, 2.75) is 181 Å². The SMILES string of the molecule is CCOCCOC(C)(/C=C/C=C(\C)C1OC(=O)CC(O[Si](CC)(CC)C(C)C)CCC(C)(OCCOCC)C(O)/C=C/C1C)CC(O)C(C)C(C)C(CC)OC. The number of ether oxygens (including phenoxy) is 6. The maximum Gasteiger partial charge on any atom is 0.308 e. The van der Waals surface area contributed by atoms with E-state index in [1.165, 1.54) is 0 Å². The first kappa shape index (κ1) is 52.6. The van der Waals surface area contributed by atoms with Crippen molar-refractivity contribution in [2.75, 3.05) is 46.8 Å². The fourth-order valence-electron chi connectivity index (χ4n) is 7.91. The molecule has 0 bridgehead atoms. The molecule has 0 amide bonds. The van der Waals surface area contributed by atoms with Crippen LogP contribution in [0, 0.1) is 17.8 Å². The zero-order chi connectivity index (χ0) is 42.5. The average molecular weight is 813 g/mol. The Bertz CT molecular complexity index is 1170. The van der Waals surface area contributed by atoms with Crippen molar-refractivity contribution in [3.05, 3.63) is 36.0 Å². The van der Waals surface area contributed by atoms with E-state index in [-0.39, 0.29) is 42.4 Å². The lowest BCUT2D eigenvalue weighted by atomic mass is 9.81. The Labute approximate surface area is 343 Å². The predicted octanol–water partition coefficient (Wildman–Crippen LogP) is 8.99. The molecule has 0 aromatic rings. The second-order valence-corrected chi connectivity index (χ2v) is 21.6. The number of carbonyl (C=O) groups is 1. The molecule has 0 saturated heterocycles. The van der Waals surface area contributed by atoms with Crippen molar-refractivity contribution >= 4 is 14.3 Å². The minimum Gasteiger partial charge on any atom is -0.457 e. The highest BCUT2D eigenvalue weighted by Crippen LogP contribution is 2.36. The van der Waals surface area contributed by atoms with Crippen molar-refractivity contribution in [3.63, 3.8) is 0 Å². The Morgan fingerprint density at radius 3 is 2.20 bits per heavy atom. The van der Waals surface area contributed by atoms with Crippen molar-refractivity contribution in [1.82, 2.24) is 0 Å². The van der Waals surface area contributed by atoms with E-state index in [4.69, 9.17) is 32.8 Å². The summed E-state index contributed by atoms with van der Waals surface area (Å²) < 4.78 is 42.9. The second kappa shape index (κ2) is 26.6. The van der Waals surface area contributed by atoms with E-state index in [1.807, 2.05) is 65.8 Å². The number of cyclic esters (lactones) is 1. The maximum absolute atomic E-state index is 13.9. The Morgan fingerprint density at radius 2 is 1.64 bits per heavy atom. The molecule has 0 aliphatic carbocycles. The topological polar surface area (TPSA) is 122 Å². The van der Waals surface area contributed by atoms with E-state index in [9.17, 15) is 15.0 Å². The lowest BCUT2D eigenvalue weighted by Gasteiger charge is -2.39. The van der Waals surface area contributed by atoms with Crippen LogP contribution >= 0.6 is 0 Å². The Morgan fingerprint density at radius 1 is 1.02 bits per heavy atom. The molecule has 328 valence electrons. The minimum atomic E-state index is -2.17. The normalized spacial score (nSPS) is 27.2. The number of hydrogen-bond acceptors (Lipinski definition) is 10. The van der Waals surface area contributed by atoms with Gasteiger partial charge in [0, 0.05) is 32.7 Å². The van der Waals surface area contributed by atoms with Gasteiger partial charge in [-0.2, -0.15) is 0 Å². The number of esters is 1. The number of methoxy groups -OCH3 is 1. The van der Waals surface area contributed by atoms with Crippen LogP contribution < -0.4 is 0 Å². The molecule has 10 unspecified atom stereocenters. The Hall–Kier alpha value is -1.41. The zero-order valence-electron chi connectivity index (χ0n) is 37.9. The van der Waals surface area contributed by atoms with Crippen LogP contribution in [0.3, 0.4) is 0 Å². The highest BCUT2D eigenvalue weighted by molar-refractivity contribution is 6.75. The first-order chi connectivity index (χ1) is 26.4. The standard InChI is InChI=1S/C45H84O10Si/c1-15-40(49-14)37(11)36(10)39(46)32-44(12,52-29-27-50-16-2)25-20-21-34(8)43-35(9)22-23-41(47)45(13,53-30-28-51-17-3)26-24-38(31-42(48)54-43)55-56(18-4,19-5)33(6)7/h20-23,25,33,35-41,43,46-47H,15-19,24,26-32H2,1-14H3/b23-22+,25-20+,34-21+. The van der Waals surface area contributed by atoms with Crippen LogP contribution in [0.2, 0.25) is 17.6 Å². The van der Waals surface area contributed by atoms with Crippen molar-refractivity contribution in [3.8, 4) is 0 Å². The summed E-state index contributed by atoms with van der Waals surface area (Å²) in [6.07, 6.45) is 9.50. The first-order valence-electron chi connectivity index (χ1n) is 21.7. The van der Waals surface area contributed by atoms with Gasteiger partial charge < -0.3 is 43.1 Å². The molecule has 2 N–H and O–H groups in total. The molecule has 0 aromatic carbocycles. The van der Waals surface area contributed by atoms with Crippen LogP contribution in [0.15, 0.2) is 36.0 Å². The van der Waals surface area contributed by atoms with E-state index < -0.39 is 37.8 Å². The number of hydrogen-bond donors (Lipinski definition) is 2. The smallest absolute Gasteiger partial charge is 0.308 e. The van der Waals surface area contributed by atoms with E-state index in [0.29, 0.717) is 64.4 Å². The molecule has 11 heteroatoms. The highest BCUT2D eigenvalue weighted by Gasteiger charge is 2.41. The molecule has 56 heavy (non-hydrogen) atoms. The summed E-state index contributed by atoms with van der Waals surface area (Å²) in [5.74, 6) is -0.440. The fraction of sp³-hybridized carbons (Fsp3) is 0.844. The van der Waals surface area contributed by atoms with Crippen molar-refractivity contribution < 1.29 is 47.9 Å². The lowest BCUT2D eigenvalue weighted by molar-refractivity contribution is -0.151. The summed E-state index contributed by atoms with van der Waals surface area (Å²) in [4.78, 5) is 13.9. The Kier molecular flexibility index (Phi) is 25.0. The zero-order valence-corrected chi connectivity index (χ0v) is 38.9. The summed E-state index contributed by atoms with van der Waals surface area (Å²) in [6.45, 7) is 29.7. The van der Waals surface area contributed by atoms with Crippen molar-refractivity contribution in [2.24, 2.45) is 17.8 Å². The van der Waals surface area contributed by atoms with E-state index in [2.05, 4.69) is 48.5 Å². The third kappa shape index (κ3) is 17.1. The third-order valence-electron chi connectivity index (χ3n) is 12.3. The summed E-state index contributed by atoms with van der Waals surface area (Å²) in [6, 6.07) is 1.90. The number of aliphatic hydroxyl groups is 2. The third-order valence-corrected chi connectivity index (χ3v) is 17.6. The molecule has 0 radical (unpaired) electrons. The van der Waals surface area contributed by atoms with Crippen LogP contribution in [0.25, 0.3) is 0 Å². The fourth-order valence-corrected chi connectivity index (χ4v) is 11.5. The van der Waals surface area contributed by atoms with Crippen molar-refractivity contribution in [1.29, 1.82) is 0 Å². The van der Waals surface area contributed by atoms with Gasteiger partial charge in [-0.3, -0.25) is 4.79 Å². The molecule has 10 atom stereocenters. The van der Waals surface area contributed by atoms with Crippen LogP contribution in [0.1, 0.15) is 122 Å². The molecule has 1 heterocycles. The summed E-state index contributed by atoms with van der Waals surface area (Å²) in [5, 5.41) is 23.1. The maximum atomic E-state index is 13.9. The largest absolute Gasteiger partial charge is 0.457 e. The van der Waals surface area contributed by atoms with Crippen LogP contribution in [0.5, 0.6) is 0 Å². The van der Waals surface area contributed by atoms with Gasteiger partial charge >= 0.3 is 5.97 Å². The van der Waals surface area contributed by atoms with Gasteiger partial charge in [-0.25, -0.2) is 0 Å². The molecule has 0 aromatic heterocycles. The molecule has 1 aliphatic rings. The van der Waals surface area contributed by atoms with Gasteiger partial charge in [-0.05, 0) is 88.9 Å². The average Bonchev–Trinajstić information content (AvgIpc) is 3.16. The van der Waals surface area contributed by atoms with Gasteiger partial charge in [0.1, 0.15) is 12.2 Å². The van der Waals surface area contributed by atoms with Gasteiger partial charge in [-0.15, -0.1) is 0 Å². The molecule has 10 nitrogen and oxygen atoms in total. The number of allylic oxidation sites excluding steroid dienone is 2.